The third-order valence-electron chi connectivity index (χ3n) is 7.57. The predicted molar refractivity (Wildman–Crippen MR) is 185 cm³/mol. The highest BCUT2D eigenvalue weighted by Crippen LogP contribution is 2.11. The molecule has 0 bridgehead atoms. The van der Waals surface area contributed by atoms with Crippen molar-refractivity contribution in [3.05, 3.63) is 0 Å². The Morgan fingerprint density at radius 1 is 0.538 bits per heavy atom. The molecule has 6 amide bonds. The lowest BCUT2D eigenvalue weighted by Crippen LogP contribution is -2.60. The number of hydrogen-bond acceptors (Lipinski definition) is 11. The summed E-state index contributed by atoms with van der Waals surface area (Å²) in [6, 6.07) is -8.38. The van der Waals surface area contributed by atoms with Crippen LogP contribution in [0.1, 0.15) is 91.9 Å². The Morgan fingerprint density at radius 2 is 0.942 bits per heavy atom. The molecule has 0 heterocycles. The molecule has 0 unspecified atom stereocenters. The Kier molecular flexibility index (Phi) is 22.1. The number of nitrogens with two attached hydrogens (primary N) is 3. The zero-order valence-corrected chi connectivity index (χ0v) is 30.1. The van der Waals surface area contributed by atoms with Crippen LogP contribution in [0.2, 0.25) is 0 Å². The van der Waals surface area contributed by atoms with Gasteiger partial charge in [0.2, 0.25) is 35.4 Å². The van der Waals surface area contributed by atoms with Crippen LogP contribution in [0.5, 0.6) is 0 Å². The first-order valence-electron chi connectivity index (χ1n) is 17.1. The number of unbranched alkanes of at least 4 members (excludes halogenated alkanes) is 1. The molecule has 0 fully saturated rings. The van der Waals surface area contributed by atoms with Gasteiger partial charge in [-0.3, -0.25) is 38.4 Å². The second kappa shape index (κ2) is 24.4. The van der Waals surface area contributed by atoms with Crippen LogP contribution in [-0.2, 0) is 43.2 Å². The van der Waals surface area contributed by atoms with Crippen molar-refractivity contribution in [2.24, 2.45) is 29.0 Å². The molecule has 0 spiro atoms. The Morgan fingerprint density at radius 3 is 1.37 bits per heavy atom. The highest BCUT2D eigenvalue weighted by molar-refractivity contribution is 5.97. The summed E-state index contributed by atoms with van der Waals surface area (Å²) in [5.41, 5.74) is 16.5. The first kappa shape index (κ1) is 47.1. The Bertz CT molecular complexity index is 1260. The van der Waals surface area contributed by atoms with Crippen LogP contribution < -0.4 is 43.8 Å². The normalized spacial score (nSPS) is 14.5. The van der Waals surface area contributed by atoms with Gasteiger partial charge < -0.3 is 59.1 Å². The minimum Gasteiger partial charge on any atom is -0.481 e. The third-order valence-corrected chi connectivity index (χ3v) is 7.57. The average molecular weight is 745 g/mol. The lowest BCUT2D eigenvalue weighted by molar-refractivity contribution is -0.143. The summed E-state index contributed by atoms with van der Waals surface area (Å²) in [6.07, 6.45) is -1.38. The number of amides is 6. The van der Waals surface area contributed by atoms with E-state index in [0.29, 0.717) is 19.4 Å². The zero-order chi connectivity index (χ0) is 40.1. The molecule has 52 heavy (non-hydrogen) atoms. The van der Waals surface area contributed by atoms with Crippen molar-refractivity contribution in [2.45, 2.75) is 128 Å². The van der Waals surface area contributed by atoms with Gasteiger partial charge in [-0.2, -0.15) is 0 Å². The largest absolute Gasteiger partial charge is 0.481 e. The van der Waals surface area contributed by atoms with E-state index < -0.39 is 115 Å². The number of aliphatic carboxylic acids is 3. The van der Waals surface area contributed by atoms with Crippen molar-refractivity contribution in [1.82, 2.24) is 26.6 Å². The Balaban J connectivity index is 6.17. The highest BCUT2D eigenvalue weighted by atomic mass is 16.4. The maximum Gasteiger partial charge on any atom is 0.326 e. The highest BCUT2D eigenvalue weighted by Gasteiger charge is 2.34. The number of carbonyl (C=O) groups is 9. The number of hydrogen-bond donors (Lipinski definition) is 11. The monoisotopic (exact) mass is 744 g/mol. The van der Waals surface area contributed by atoms with Gasteiger partial charge in [0.15, 0.2) is 0 Å². The van der Waals surface area contributed by atoms with Crippen molar-refractivity contribution in [2.75, 3.05) is 6.54 Å². The molecule has 0 aromatic heterocycles. The van der Waals surface area contributed by atoms with Crippen LogP contribution in [0.4, 0.5) is 0 Å². The van der Waals surface area contributed by atoms with Gasteiger partial charge in [-0.25, -0.2) is 4.79 Å². The molecule has 14 N–H and O–H groups in total. The number of nitrogens with one attached hydrogen (secondary N) is 5. The van der Waals surface area contributed by atoms with Crippen molar-refractivity contribution < 1.29 is 58.5 Å². The van der Waals surface area contributed by atoms with E-state index in [1.165, 1.54) is 0 Å². The summed E-state index contributed by atoms with van der Waals surface area (Å²) in [6.45, 7) is 7.26. The number of rotatable bonds is 27. The topological polar surface area (TPSA) is 353 Å². The Hall–Kier alpha value is -4.85. The van der Waals surface area contributed by atoms with Crippen LogP contribution in [0, 0.1) is 11.8 Å². The van der Waals surface area contributed by atoms with E-state index in [1.54, 1.807) is 27.7 Å². The molecule has 0 aliphatic rings. The third kappa shape index (κ3) is 20.1. The predicted octanol–water partition coefficient (Wildman–Crippen LogP) is -2.35. The van der Waals surface area contributed by atoms with Gasteiger partial charge in [-0.15, -0.1) is 0 Å². The molecule has 20 nitrogen and oxygen atoms in total. The summed E-state index contributed by atoms with van der Waals surface area (Å²) >= 11 is 0. The summed E-state index contributed by atoms with van der Waals surface area (Å²) in [5, 5.41) is 39.7. The SMILES string of the molecule is CC(C)C[C@H](NC(=O)[C@H](CC(C)C)NC(=O)[C@H](CC(N)=O)NC(=O)[C@@H](N)CCC(=O)O)C(=O)N[C@@H](CCC(=O)O)C(=O)N[C@@H](CCCCN)C(=O)O. The maximum absolute atomic E-state index is 13.6. The van der Waals surface area contributed by atoms with E-state index >= 15 is 0 Å². The van der Waals surface area contributed by atoms with Crippen LogP contribution in [-0.4, -0.2) is 111 Å². The molecular weight excluding hydrogens is 688 g/mol. The summed E-state index contributed by atoms with van der Waals surface area (Å²) in [5.74, 6) is -9.83. The van der Waals surface area contributed by atoms with Gasteiger partial charge in [0, 0.05) is 12.8 Å². The van der Waals surface area contributed by atoms with E-state index in [1.807, 2.05) is 0 Å². The van der Waals surface area contributed by atoms with Gasteiger partial charge in [-0.05, 0) is 63.3 Å². The minimum absolute atomic E-state index is 0.0212. The quantitative estimate of drug-likeness (QED) is 0.0393. The fourth-order valence-electron chi connectivity index (χ4n) is 4.88. The average Bonchev–Trinajstić information content (AvgIpc) is 3.02. The second-order valence-electron chi connectivity index (χ2n) is 13.3. The number of primary amides is 1. The van der Waals surface area contributed by atoms with Crippen molar-refractivity contribution in [1.29, 1.82) is 0 Å². The molecule has 296 valence electrons. The molecule has 0 aliphatic carbocycles. The van der Waals surface area contributed by atoms with Crippen LogP contribution in [0.25, 0.3) is 0 Å². The first-order valence-corrected chi connectivity index (χ1v) is 17.1. The van der Waals surface area contributed by atoms with Gasteiger partial charge in [-0.1, -0.05) is 27.7 Å². The molecule has 0 saturated heterocycles. The minimum atomic E-state index is -1.59. The summed E-state index contributed by atoms with van der Waals surface area (Å²) < 4.78 is 0. The molecule has 0 aromatic rings. The smallest absolute Gasteiger partial charge is 0.326 e. The molecule has 0 aliphatic heterocycles. The lowest BCUT2D eigenvalue weighted by atomic mass is 9.99. The fraction of sp³-hybridized carbons (Fsp3) is 0.719. The van der Waals surface area contributed by atoms with Crippen LogP contribution >= 0.6 is 0 Å². The van der Waals surface area contributed by atoms with Crippen molar-refractivity contribution in [3.8, 4) is 0 Å². The molecule has 20 heteroatoms. The van der Waals surface area contributed by atoms with Gasteiger partial charge in [0.25, 0.3) is 0 Å². The van der Waals surface area contributed by atoms with Gasteiger partial charge >= 0.3 is 17.9 Å². The molecular formula is C32H56N8O12. The number of carboxylic acid groups (broad SMARTS) is 3. The molecule has 0 aromatic carbocycles. The van der Waals surface area contributed by atoms with Crippen molar-refractivity contribution >= 4 is 53.4 Å². The van der Waals surface area contributed by atoms with Gasteiger partial charge in [0.05, 0.1) is 12.5 Å². The summed E-state index contributed by atoms with van der Waals surface area (Å²) in [7, 11) is 0. The van der Waals surface area contributed by atoms with E-state index in [4.69, 9.17) is 22.3 Å². The van der Waals surface area contributed by atoms with Crippen molar-refractivity contribution in [3.63, 3.8) is 0 Å². The first-order chi connectivity index (χ1) is 24.2. The second-order valence-corrected chi connectivity index (χ2v) is 13.3. The Labute approximate surface area is 302 Å². The van der Waals surface area contributed by atoms with Gasteiger partial charge in [0.1, 0.15) is 30.2 Å². The van der Waals surface area contributed by atoms with E-state index in [9.17, 15) is 53.4 Å². The lowest BCUT2D eigenvalue weighted by Gasteiger charge is -2.28. The fourth-order valence-corrected chi connectivity index (χ4v) is 4.88. The van der Waals surface area contributed by atoms with E-state index in [0.717, 1.165) is 0 Å². The zero-order valence-electron chi connectivity index (χ0n) is 30.1. The molecule has 6 atom stereocenters. The standard InChI is InChI=1S/C32H56N8O12/c1-16(2)13-21(29(48)36-19(9-11-26(44)45)28(47)37-20(32(51)52)7-5-6-12-33)39-30(49)22(14-17(3)4)40-31(50)23(15-24(35)41)38-27(46)18(34)8-10-25(42)43/h16-23H,5-15,33-34H2,1-4H3,(H2,35,41)(H,36,48)(H,37,47)(H,38,46)(H,39,49)(H,40,50)(H,42,43)(H,44,45)(H,51,52)/t18-,19-,20-,21-,22-,23-/m0/s1. The maximum atomic E-state index is 13.6. The molecule has 0 rings (SSSR count). The number of carboxylic acids is 3. The number of carbonyl (C=O) groups excluding carboxylic acids is 6. The van der Waals surface area contributed by atoms with E-state index in [2.05, 4.69) is 26.6 Å². The van der Waals surface area contributed by atoms with E-state index in [-0.39, 0.29) is 37.5 Å². The van der Waals surface area contributed by atoms with Crippen LogP contribution in [0.15, 0.2) is 0 Å². The summed E-state index contributed by atoms with van der Waals surface area (Å²) in [4.78, 5) is 112. The molecule has 0 saturated carbocycles. The molecule has 0 radical (unpaired) electrons. The van der Waals surface area contributed by atoms with Crippen LogP contribution in [0.3, 0.4) is 0 Å².